The summed E-state index contributed by atoms with van der Waals surface area (Å²) in [6, 6.07) is 0. The minimum absolute atomic E-state index is 0.0296. The van der Waals surface area contributed by atoms with E-state index in [0.717, 1.165) is 12.8 Å². The Kier molecular flexibility index (Phi) is 2.31. The number of hydrogen-bond acceptors (Lipinski definition) is 3. The van der Waals surface area contributed by atoms with E-state index in [1.165, 1.54) is 5.57 Å². The topological polar surface area (TPSA) is 43.4 Å². The molecule has 0 aromatic carbocycles. The van der Waals surface area contributed by atoms with Crippen LogP contribution in [0.2, 0.25) is 0 Å². The Balaban J connectivity index is 1.99. The van der Waals surface area contributed by atoms with E-state index in [0.29, 0.717) is 17.8 Å². The van der Waals surface area contributed by atoms with Crippen molar-refractivity contribution in [2.24, 2.45) is 17.3 Å². The van der Waals surface area contributed by atoms with Crippen molar-refractivity contribution in [1.82, 2.24) is 0 Å². The van der Waals surface area contributed by atoms with Crippen molar-refractivity contribution >= 4 is 11.8 Å². The molecule has 1 saturated heterocycles. The van der Waals surface area contributed by atoms with Crippen LogP contribution in [0.5, 0.6) is 0 Å². The molecule has 1 saturated carbocycles. The number of rotatable bonds is 0. The van der Waals surface area contributed by atoms with E-state index >= 15 is 0 Å². The quantitative estimate of drug-likeness (QED) is 0.374. The van der Waals surface area contributed by atoms with Gasteiger partial charge in [-0.1, -0.05) is 32.1 Å². The predicted octanol–water partition coefficient (Wildman–Crippen LogP) is 2.42. The van der Waals surface area contributed by atoms with Crippen LogP contribution in [0.25, 0.3) is 0 Å². The number of ketones is 1. The lowest BCUT2D eigenvalue weighted by Gasteiger charge is -2.46. The van der Waals surface area contributed by atoms with Crippen molar-refractivity contribution in [3.8, 4) is 0 Å². The van der Waals surface area contributed by atoms with Gasteiger partial charge in [-0.3, -0.25) is 4.79 Å². The van der Waals surface area contributed by atoms with Gasteiger partial charge in [0, 0.05) is 30.3 Å². The molecule has 0 radical (unpaired) electrons. The molecule has 3 aliphatic rings. The summed E-state index contributed by atoms with van der Waals surface area (Å²) < 4.78 is 5.37. The van der Waals surface area contributed by atoms with Crippen molar-refractivity contribution in [2.75, 3.05) is 0 Å². The summed E-state index contributed by atoms with van der Waals surface area (Å²) >= 11 is 0. The number of Topliss-reactive ketones (excluding diaryl/α,β-unsaturated/α-hetero) is 1. The van der Waals surface area contributed by atoms with Crippen LogP contribution in [0.3, 0.4) is 0 Å². The molecule has 0 N–H and O–H groups in total. The lowest BCUT2D eigenvalue weighted by atomic mass is 9.57. The summed E-state index contributed by atoms with van der Waals surface area (Å²) in [6.45, 7) is 8.01. The monoisotopic (exact) mass is 246 g/mol. The molecule has 1 heterocycles. The number of esters is 1. The zero-order chi connectivity index (χ0) is 13.1. The molecule has 4 unspecified atom stereocenters. The van der Waals surface area contributed by atoms with Gasteiger partial charge in [-0.25, -0.2) is 4.79 Å². The maximum Gasteiger partial charge on any atom is 0.334 e. The molecule has 18 heavy (non-hydrogen) atoms. The molecular weight excluding hydrogens is 228 g/mol. The summed E-state index contributed by atoms with van der Waals surface area (Å²) in [5, 5.41) is 0. The highest BCUT2D eigenvalue weighted by Crippen LogP contribution is 2.54. The average Bonchev–Trinajstić information content (AvgIpc) is 2.60. The van der Waals surface area contributed by atoms with Crippen LogP contribution in [0, 0.1) is 17.3 Å². The van der Waals surface area contributed by atoms with Crippen molar-refractivity contribution < 1.29 is 14.3 Å². The maximum absolute atomic E-state index is 11.9. The fraction of sp³-hybridized carbons (Fsp3) is 0.600. The first-order chi connectivity index (χ1) is 8.43. The van der Waals surface area contributed by atoms with Crippen LogP contribution in [0.4, 0.5) is 0 Å². The van der Waals surface area contributed by atoms with Gasteiger partial charge in [0.1, 0.15) is 11.9 Å². The van der Waals surface area contributed by atoms with Gasteiger partial charge in [0.2, 0.25) is 0 Å². The lowest BCUT2D eigenvalue weighted by molar-refractivity contribution is -0.140. The Hall–Kier alpha value is -1.38. The number of ether oxygens (including phenoxy) is 1. The number of carbonyl (C=O) groups is 2. The van der Waals surface area contributed by atoms with E-state index in [4.69, 9.17) is 4.74 Å². The minimum atomic E-state index is -0.258. The minimum Gasteiger partial charge on any atom is -0.458 e. The molecule has 0 aromatic heterocycles. The Bertz CT molecular complexity index is 488. The van der Waals surface area contributed by atoms with Gasteiger partial charge in [0.05, 0.1) is 0 Å². The zero-order valence-electron chi connectivity index (χ0n) is 10.9. The molecule has 0 amide bonds. The van der Waals surface area contributed by atoms with Gasteiger partial charge in [0.15, 0.2) is 0 Å². The lowest BCUT2D eigenvalue weighted by Crippen LogP contribution is -2.44. The largest absolute Gasteiger partial charge is 0.458 e. The van der Waals surface area contributed by atoms with Gasteiger partial charge in [-0.2, -0.15) is 0 Å². The first-order valence-corrected chi connectivity index (χ1v) is 6.55. The van der Waals surface area contributed by atoms with Crippen LogP contribution in [0.15, 0.2) is 23.8 Å². The summed E-state index contributed by atoms with van der Waals surface area (Å²) in [5.74, 6) is 0.164. The predicted molar refractivity (Wildman–Crippen MR) is 66.7 cm³/mol. The standard InChI is InChI=1S/C15H18O3/c1-8-11-7-15(3)9(2)12(16)5-4-10(15)6-13(11)18-14(8)17/h4,9,11,13H,1,5-7H2,2-3H3. The smallest absolute Gasteiger partial charge is 0.334 e. The van der Waals surface area contributed by atoms with Gasteiger partial charge in [0.25, 0.3) is 0 Å². The van der Waals surface area contributed by atoms with Crippen LogP contribution in [-0.2, 0) is 14.3 Å². The van der Waals surface area contributed by atoms with E-state index in [-0.39, 0.29) is 29.3 Å². The molecule has 0 aromatic rings. The SMILES string of the molecule is C=C1C(=O)OC2CC3=CCC(=O)C(C)C3(C)CC12. The fourth-order valence-electron chi connectivity index (χ4n) is 3.67. The third kappa shape index (κ3) is 1.36. The second kappa shape index (κ2) is 3.56. The molecule has 3 rings (SSSR count). The summed E-state index contributed by atoms with van der Waals surface area (Å²) in [6.07, 6.45) is 4.10. The van der Waals surface area contributed by atoms with Crippen molar-refractivity contribution in [3.05, 3.63) is 23.8 Å². The van der Waals surface area contributed by atoms with Crippen LogP contribution in [-0.4, -0.2) is 17.9 Å². The third-order valence-electron chi connectivity index (χ3n) is 5.20. The van der Waals surface area contributed by atoms with Gasteiger partial charge < -0.3 is 4.74 Å². The van der Waals surface area contributed by atoms with Crippen LogP contribution in [0.1, 0.15) is 33.1 Å². The highest BCUT2D eigenvalue weighted by atomic mass is 16.6. The Morgan fingerprint density at radius 1 is 1.44 bits per heavy atom. The Morgan fingerprint density at radius 3 is 2.89 bits per heavy atom. The van der Waals surface area contributed by atoms with E-state index < -0.39 is 0 Å². The number of allylic oxidation sites excluding steroid dienone is 1. The van der Waals surface area contributed by atoms with Crippen molar-refractivity contribution in [3.63, 3.8) is 0 Å². The summed E-state index contributed by atoms with van der Waals surface area (Å²) in [7, 11) is 0. The molecule has 2 aliphatic carbocycles. The molecule has 96 valence electrons. The van der Waals surface area contributed by atoms with Gasteiger partial charge in [-0.05, 0) is 11.8 Å². The highest BCUT2D eigenvalue weighted by molar-refractivity contribution is 5.91. The summed E-state index contributed by atoms with van der Waals surface area (Å²) in [4.78, 5) is 23.5. The molecule has 3 heteroatoms. The van der Waals surface area contributed by atoms with Gasteiger partial charge >= 0.3 is 5.97 Å². The molecule has 0 spiro atoms. The fourth-order valence-corrected chi connectivity index (χ4v) is 3.67. The molecule has 0 bridgehead atoms. The van der Waals surface area contributed by atoms with Gasteiger partial charge in [-0.15, -0.1) is 0 Å². The first kappa shape index (κ1) is 11.7. The van der Waals surface area contributed by atoms with E-state index in [9.17, 15) is 9.59 Å². The third-order valence-corrected chi connectivity index (χ3v) is 5.20. The van der Waals surface area contributed by atoms with E-state index in [1.54, 1.807) is 0 Å². The Labute approximate surface area is 107 Å². The molecular formula is C15H18O3. The zero-order valence-corrected chi connectivity index (χ0v) is 10.9. The summed E-state index contributed by atoms with van der Waals surface area (Å²) in [5.41, 5.74) is 1.76. The average molecular weight is 246 g/mol. The molecule has 4 atom stereocenters. The van der Waals surface area contributed by atoms with Crippen LogP contribution < -0.4 is 0 Å². The second-order valence-corrected chi connectivity index (χ2v) is 6.02. The molecule has 2 fully saturated rings. The Morgan fingerprint density at radius 2 is 2.17 bits per heavy atom. The number of hydrogen-bond donors (Lipinski definition) is 0. The molecule has 1 aliphatic heterocycles. The van der Waals surface area contributed by atoms with E-state index in [2.05, 4.69) is 13.5 Å². The maximum atomic E-state index is 11.9. The second-order valence-electron chi connectivity index (χ2n) is 6.02. The highest BCUT2D eigenvalue weighted by Gasteiger charge is 2.52. The van der Waals surface area contributed by atoms with Crippen LogP contribution >= 0.6 is 0 Å². The van der Waals surface area contributed by atoms with Crippen molar-refractivity contribution in [1.29, 1.82) is 0 Å². The van der Waals surface area contributed by atoms with E-state index in [1.807, 2.05) is 13.0 Å². The van der Waals surface area contributed by atoms with Crippen molar-refractivity contribution in [2.45, 2.75) is 39.2 Å². The first-order valence-electron chi connectivity index (χ1n) is 6.55. The molecule has 3 nitrogen and oxygen atoms in total. The number of fused-ring (bicyclic) bond motifs is 2. The number of carbonyl (C=O) groups excluding carboxylic acids is 2. The normalized spacial score (nSPS) is 43.1.